The first kappa shape index (κ1) is 19.0. The standard InChI is InChI=1S/C21H42/c1-4-6-8-10-11-13-15-17-21-18-20(19(21)3)16-14-12-9-7-5-2/h19-21H,4-18H2,1-3H3. The number of rotatable bonds is 14. The molecule has 0 saturated heterocycles. The number of hydrogen-bond acceptors (Lipinski definition) is 0. The topological polar surface area (TPSA) is 0 Å². The molecule has 0 aliphatic heterocycles. The van der Waals surface area contributed by atoms with E-state index in [0.717, 1.165) is 17.8 Å². The Morgan fingerprint density at radius 2 is 0.952 bits per heavy atom. The second kappa shape index (κ2) is 12.5. The average molecular weight is 295 g/mol. The molecule has 0 aromatic heterocycles. The Bertz CT molecular complexity index is 218. The van der Waals surface area contributed by atoms with E-state index in [1.807, 2.05) is 0 Å². The fourth-order valence-electron chi connectivity index (χ4n) is 4.14. The van der Waals surface area contributed by atoms with Gasteiger partial charge in [0.1, 0.15) is 0 Å². The van der Waals surface area contributed by atoms with Crippen LogP contribution < -0.4 is 0 Å². The van der Waals surface area contributed by atoms with E-state index in [2.05, 4.69) is 20.8 Å². The van der Waals surface area contributed by atoms with Gasteiger partial charge >= 0.3 is 0 Å². The van der Waals surface area contributed by atoms with Gasteiger partial charge in [-0.15, -0.1) is 0 Å². The minimum atomic E-state index is 1.04. The molecule has 1 fully saturated rings. The van der Waals surface area contributed by atoms with Crippen molar-refractivity contribution >= 4 is 0 Å². The third-order valence-corrected chi connectivity index (χ3v) is 5.95. The lowest BCUT2D eigenvalue weighted by molar-refractivity contribution is 0.0682. The Kier molecular flexibility index (Phi) is 11.4. The molecule has 21 heavy (non-hydrogen) atoms. The molecule has 0 aromatic rings. The molecular weight excluding hydrogens is 252 g/mol. The summed E-state index contributed by atoms with van der Waals surface area (Å²) in [4.78, 5) is 0. The van der Waals surface area contributed by atoms with E-state index in [-0.39, 0.29) is 0 Å². The van der Waals surface area contributed by atoms with E-state index < -0.39 is 0 Å². The number of hydrogen-bond donors (Lipinski definition) is 0. The van der Waals surface area contributed by atoms with Gasteiger partial charge in [-0.1, -0.05) is 111 Å². The largest absolute Gasteiger partial charge is 0.0654 e. The molecule has 1 rings (SSSR count). The summed E-state index contributed by atoms with van der Waals surface area (Å²) in [6, 6.07) is 0. The molecule has 0 spiro atoms. The van der Waals surface area contributed by atoms with E-state index in [1.165, 1.54) is 89.9 Å². The minimum Gasteiger partial charge on any atom is -0.0654 e. The molecule has 0 nitrogen and oxygen atoms in total. The highest BCUT2D eigenvalue weighted by atomic mass is 14.4. The lowest BCUT2D eigenvalue weighted by Crippen LogP contribution is -2.34. The van der Waals surface area contributed by atoms with Crippen LogP contribution in [0.2, 0.25) is 0 Å². The molecule has 3 atom stereocenters. The number of unbranched alkanes of at least 4 members (excludes halogenated alkanes) is 10. The van der Waals surface area contributed by atoms with Gasteiger partial charge in [-0.2, -0.15) is 0 Å². The van der Waals surface area contributed by atoms with Crippen molar-refractivity contribution in [3.8, 4) is 0 Å². The van der Waals surface area contributed by atoms with Crippen LogP contribution in [0.4, 0.5) is 0 Å². The summed E-state index contributed by atoms with van der Waals surface area (Å²) in [5, 5.41) is 0. The van der Waals surface area contributed by atoms with Gasteiger partial charge < -0.3 is 0 Å². The van der Waals surface area contributed by atoms with Crippen LogP contribution in [0.15, 0.2) is 0 Å². The Balaban J connectivity index is 1.88. The normalized spacial score (nSPS) is 25.0. The molecule has 1 aliphatic carbocycles. The summed E-state index contributed by atoms with van der Waals surface area (Å²) in [5.74, 6) is 3.21. The van der Waals surface area contributed by atoms with Crippen molar-refractivity contribution in [3.63, 3.8) is 0 Å². The molecule has 3 unspecified atom stereocenters. The molecule has 0 heteroatoms. The Morgan fingerprint density at radius 3 is 1.33 bits per heavy atom. The molecule has 0 bridgehead atoms. The monoisotopic (exact) mass is 294 g/mol. The molecule has 0 aromatic carbocycles. The summed E-state index contributed by atoms with van der Waals surface area (Å²) in [6.07, 6.45) is 22.1. The van der Waals surface area contributed by atoms with E-state index in [9.17, 15) is 0 Å². The van der Waals surface area contributed by atoms with E-state index in [4.69, 9.17) is 0 Å². The molecule has 0 N–H and O–H groups in total. The van der Waals surface area contributed by atoms with Crippen LogP contribution in [0.25, 0.3) is 0 Å². The van der Waals surface area contributed by atoms with E-state index in [0.29, 0.717) is 0 Å². The minimum absolute atomic E-state index is 1.04. The maximum absolute atomic E-state index is 2.53. The quantitative estimate of drug-likeness (QED) is 0.287. The molecule has 0 radical (unpaired) electrons. The van der Waals surface area contributed by atoms with Crippen LogP contribution in [0.1, 0.15) is 117 Å². The van der Waals surface area contributed by atoms with Crippen LogP contribution in [0.3, 0.4) is 0 Å². The van der Waals surface area contributed by atoms with Crippen LogP contribution in [-0.2, 0) is 0 Å². The zero-order chi connectivity index (χ0) is 15.3. The van der Waals surface area contributed by atoms with Gasteiger partial charge in [0.2, 0.25) is 0 Å². The molecule has 0 amide bonds. The van der Waals surface area contributed by atoms with Gasteiger partial charge in [0.15, 0.2) is 0 Å². The fourth-order valence-corrected chi connectivity index (χ4v) is 4.14. The first-order valence-corrected chi connectivity index (χ1v) is 10.3. The molecule has 0 heterocycles. The van der Waals surface area contributed by atoms with Gasteiger partial charge in [-0.05, 0) is 24.2 Å². The van der Waals surface area contributed by atoms with Crippen LogP contribution >= 0.6 is 0 Å². The second-order valence-electron chi connectivity index (χ2n) is 7.73. The first-order chi connectivity index (χ1) is 10.3. The van der Waals surface area contributed by atoms with Crippen molar-refractivity contribution in [3.05, 3.63) is 0 Å². The summed E-state index contributed by atoms with van der Waals surface area (Å²) < 4.78 is 0. The SMILES string of the molecule is CCCCCCCCCC1CC(CCCCCCC)C1C. The van der Waals surface area contributed by atoms with Gasteiger partial charge in [0.25, 0.3) is 0 Å². The van der Waals surface area contributed by atoms with Gasteiger partial charge in [0.05, 0.1) is 0 Å². The summed E-state index contributed by atoms with van der Waals surface area (Å²) in [5.41, 5.74) is 0. The zero-order valence-electron chi connectivity index (χ0n) is 15.3. The van der Waals surface area contributed by atoms with Crippen LogP contribution in [0.5, 0.6) is 0 Å². The van der Waals surface area contributed by atoms with Crippen molar-refractivity contribution < 1.29 is 0 Å². The van der Waals surface area contributed by atoms with Gasteiger partial charge in [-0.3, -0.25) is 0 Å². The van der Waals surface area contributed by atoms with E-state index >= 15 is 0 Å². The lowest BCUT2D eigenvalue weighted by Gasteiger charge is -2.43. The second-order valence-corrected chi connectivity index (χ2v) is 7.73. The van der Waals surface area contributed by atoms with Crippen molar-refractivity contribution in [2.24, 2.45) is 17.8 Å². The molecular formula is C21H42. The molecule has 1 saturated carbocycles. The van der Waals surface area contributed by atoms with Crippen molar-refractivity contribution in [2.75, 3.05) is 0 Å². The molecule has 1 aliphatic rings. The Hall–Kier alpha value is 0. The van der Waals surface area contributed by atoms with Crippen molar-refractivity contribution in [2.45, 2.75) is 117 Å². The van der Waals surface area contributed by atoms with Crippen LogP contribution in [-0.4, -0.2) is 0 Å². The Morgan fingerprint density at radius 1 is 0.571 bits per heavy atom. The maximum atomic E-state index is 2.53. The summed E-state index contributed by atoms with van der Waals surface area (Å²) >= 11 is 0. The van der Waals surface area contributed by atoms with E-state index in [1.54, 1.807) is 6.42 Å². The van der Waals surface area contributed by atoms with Crippen molar-refractivity contribution in [1.82, 2.24) is 0 Å². The summed E-state index contributed by atoms with van der Waals surface area (Å²) in [7, 11) is 0. The van der Waals surface area contributed by atoms with Crippen molar-refractivity contribution in [1.29, 1.82) is 0 Å². The molecule has 126 valence electrons. The maximum Gasteiger partial charge on any atom is -0.0383 e. The third-order valence-electron chi connectivity index (χ3n) is 5.95. The highest BCUT2D eigenvalue weighted by Crippen LogP contribution is 2.45. The average Bonchev–Trinajstić information content (AvgIpc) is 2.50. The smallest absolute Gasteiger partial charge is 0.0383 e. The first-order valence-electron chi connectivity index (χ1n) is 10.3. The van der Waals surface area contributed by atoms with Crippen LogP contribution in [0, 0.1) is 17.8 Å². The van der Waals surface area contributed by atoms with Gasteiger partial charge in [-0.25, -0.2) is 0 Å². The predicted octanol–water partition coefficient (Wildman–Crippen LogP) is 7.76. The summed E-state index contributed by atoms with van der Waals surface area (Å²) in [6.45, 7) is 7.15. The zero-order valence-corrected chi connectivity index (χ0v) is 15.3. The predicted molar refractivity (Wildman–Crippen MR) is 96.7 cm³/mol. The highest BCUT2D eigenvalue weighted by Gasteiger charge is 2.35. The Labute approximate surface area is 135 Å². The lowest BCUT2D eigenvalue weighted by atomic mass is 9.62. The third kappa shape index (κ3) is 8.27. The van der Waals surface area contributed by atoms with Gasteiger partial charge in [0, 0.05) is 0 Å². The fraction of sp³-hybridized carbons (Fsp3) is 1.00. The highest BCUT2D eigenvalue weighted by molar-refractivity contribution is 4.86.